The monoisotopic (exact) mass is 756 g/mol. The van der Waals surface area contributed by atoms with Gasteiger partial charge >= 0.3 is 6.18 Å². The first kappa shape index (κ1) is 36.5. The van der Waals surface area contributed by atoms with Gasteiger partial charge in [0.05, 0.1) is 17.1 Å². The number of alkyl halides is 5. The minimum Gasteiger partial charge on any atom is -0.368 e. The van der Waals surface area contributed by atoms with Gasteiger partial charge in [-0.05, 0) is 88.7 Å². The number of rotatable bonds is 10. The molecule has 2 amide bonds. The number of nitrogens with two attached hydrogens (primary N) is 1. The number of pyridine rings is 1. The molecule has 54 heavy (non-hydrogen) atoms. The number of hydrogen-bond donors (Lipinski definition) is 2. The van der Waals surface area contributed by atoms with Gasteiger partial charge in [-0.2, -0.15) is 18.3 Å². The Morgan fingerprint density at radius 3 is 2.46 bits per heavy atom. The Hall–Kier alpha value is -4.47. The number of hydrogen-bond acceptors (Lipinski definition) is 7. The van der Waals surface area contributed by atoms with E-state index in [2.05, 4.69) is 15.4 Å². The van der Waals surface area contributed by atoms with Crippen LogP contribution in [0.1, 0.15) is 97.6 Å². The molecular formula is C38H42F6N8O2. The highest BCUT2D eigenvalue weighted by molar-refractivity contribution is 6.16. The highest BCUT2D eigenvalue weighted by atomic mass is 19.4. The number of amidine groups is 1. The predicted octanol–water partition coefficient (Wildman–Crippen LogP) is 6.04. The average molecular weight is 757 g/mol. The normalized spacial score (nSPS) is 24.9. The molecule has 8 rings (SSSR count). The third-order valence-corrected chi connectivity index (χ3v) is 11.6. The molecular weight excluding hydrogens is 714 g/mol. The van der Waals surface area contributed by atoms with Crippen LogP contribution in [0.2, 0.25) is 0 Å². The van der Waals surface area contributed by atoms with E-state index in [0.717, 1.165) is 30.2 Å². The quantitative estimate of drug-likeness (QED) is 0.244. The minimum atomic E-state index is -4.61. The molecule has 3 aliphatic heterocycles. The van der Waals surface area contributed by atoms with E-state index >= 15 is 4.39 Å². The first-order valence-electron chi connectivity index (χ1n) is 18.6. The molecule has 288 valence electrons. The Morgan fingerprint density at radius 1 is 1.09 bits per heavy atom. The number of carbonyl (C=O) groups excluding carboxylic acids is 2. The lowest BCUT2D eigenvalue weighted by Gasteiger charge is -2.43. The molecule has 3 aromatic rings. The molecule has 0 radical (unpaired) electrons. The van der Waals surface area contributed by atoms with Crippen LogP contribution in [-0.2, 0) is 28.9 Å². The van der Waals surface area contributed by atoms with Crippen molar-refractivity contribution in [3.8, 4) is 11.1 Å². The van der Waals surface area contributed by atoms with Gasteiger partial charge in [0.2, 0.25) is 12.3 Å². The number of aliphatic imine (C=N–C) groups is 1. The Labute approximate surface area is 308 Å². The van der Waals surface area contributed by atoms with E-state index in [9.17, 15) is 31.5 Å². The maximum Gasteiger partial charge on any atom is 0.433 e. The number of primary amides is 1. The SMILES string of the molecule is Cc1nn(CC(N)=O)c(C2CC2)c1-c1cc(F)c(CN2CC[C@H](C(F)F)C2)c(N2CC[C@]3(C[C@@H]2C)N=C(c2ccc(C(F)(F)F)nc2C2CC2)NC3=O)c1. The zero-order chi connectivity index (χ0) is 38.3. The van der Waals surface area contributed by atoms with Gasteiger partial charge in [-0.15, -0.1) is 0 Å². The van der Waals surface area contributed by atoms with Crippen LogP contribution in [0.4, 0.5) is 32.0 Å². The number of halogens is 6. The van der Waals surface area contributed by atoms with Gasteiger partial charge < -0.3 is 16.0 Å². The maximum atomic E-state index is 16.6. The average Bonchev–Trinajstić information content (AvgIpc) is 4.02. The Bertz CT molecular complexity index is 2040. The van der Waals surface area contributed by atoms with Crippen LogP contribution in [0, 0.1) is 18.7 Å². The summed E-state index contributed by atoms with van der Waals surface area (Å²) in [5.74, 6) is -1.98. The molecule has 10 nitrogen and oxygen atoms in total. The fraction of sp³-hybridized carbons (Fsp3) is 0.553. The van der Waals surface area contributed by atoms with Gasteiger partial charge in [-0.3, -0.25) is 24.2 Å². The zero-order valence-electron chi connectivity index (χ0n) is 30.0. The molecule has 2 aromatic heterocycles. The van der Waals surface area contributed by atoms with Crippen LogP contribution in [0.3, 0.4) is 0 Å². The minimum absolute atomic E-state index is 0.110. The summed E-state index contributed by atoms with van der Waals surface area (Å²) in [4.78, 5) is 38.4. The van der Waals surface area contributed by atoms with E-state index in [1.54, 1.807) is 11.6 Å². The lowest BCUT2D eigenvalue weighted by atomic mass is 9.83. The summed E-state index contributed by atoms with van der Waals surface area (Å²) >= 11 is 0. The number of anilines is 1. The standard InChI is InChI=1S/C38H42F6N8O2/c1-19-15-37(36(54)47-35(48-37)25-7-8-29(38(42,43)44)46-32(25)21-3-4-21)10-12-51(19)28-14-24(13-27(39)26(28)17-50-11-9-23(16-50)34(40)41)31-20(2)49-52(18-30(45)53)33(31)22-5-6-22/h7-8,13-14,19,21-23,34H,3-6,9-12,15-18H2,1-2H3,(H2,45,53)(H,47,48,54)/t19-,23-,37+/m0/s1. The van der Waals surface area contributed by atoms with Gasteiger partial charge in [0.1, 0.15) is 29.4 Å². The lowest BCUT2D eigenvalue weighted by molar-refractivity contribution is -0.141. The summed E-state index contributed by atoms with van der Waals surface area (Å²) in [6, 6.07) is 5.24. The number of carbonyl (C=O) groups is 2. The highest BCUT2D eigenvalue weighted by Crippen LogP contribution is 2.48. The van der Waals surface area contributed by atoms with Crippen molar-refractivity contribution in [3.63, 3.8) is 0 Å². The molecule has 1 spiro atoms. The summed E-state index contributed by atoms with van der Waals surface area (Å²) in [5, 5.41) is 7.46. The van der Waals surface area contributed by atoms with E-state index in [1.807, 2.05) is 22.8 Å². The molecule has 5 aliphatic rings. The molecule has 0 bridgehead atoms. The van der Waals surface area contributed by atoms with E-state index in [0.29, 0.717) is 53.9 Å². The first-order chi connectivity index (χ1) is 25.6. The number of piperidine rings is 1. The second-order valence-electron chi connectivity index (χ2n) is 15.7. The Morgan fingerprint density at radius 2 is 1.83 bits per heavy atom. The Balaban J connectivity index is 1.15. The number of nitrogens with zero attached hydrogens (tertiary/aromatic N) is 6. The van der Waals surface area contributed by atoms with Crippen LogP contribution in [0.25, 0.3) is 11.1 Å². The van der Waals surface area contributed by atoms with Crippen LogP contribution >= 0.6 is 0 Å². The maximum absolute atomic E-state index is 16.6. The van der Waals surface area contributed by atoms with E-state index in [4.69, 9.17) is 10.7 Å². The van der Waals surface area contributed by atoms with Gasteiger partial charge in [0.25, 0.3) is 5.91 Å². The molecule has 3 N–H and O–H groups in total. The topological polar surface area (TPSA) is 122 Å². The van der Waals surface area contributed by atoms with E-state index in [-0.39, 0.29) is 74.3 Å². The number of nitrogens with one attached hydrogen (secondary N) is 1. The fourth-order valence-electron chi connectivity index (χ4n) is 8.65. The predicted molar refractivity (Wildman–Crippen MR) is 188 cm³/mol. The van der Waals surface area contributed by atoms with Crippen molar-refractivity contribution >= 4 is 23.3 Å². The first-order valence-corrected chi connectivity index (χ1v) is 18.6. The Kier molecular flexibility index (Phi) is 9.04. The van der Waals surface area contributed by atoms with Crippen molar-refractivity contribution in [2.75, 3.05) is 24.5 Å². The van der Waals surface area contributed by atoms with Gasteiger partial charge in [-0.25, -0.2) is 18.2 Å². The number of likely N-dealkylation sites (tertiary alicyclic amines) is 1. The molecule has 2 saturated carbocycles. The highest BCUT2D eigenvalue weighted by Gasteiger charge is 2.50. The van der Waals surface area contributed by atoms with Crippen molar-refractivity contribution in [1.29, 1.82) is 0 Å². The van der Waals surface area contributed by atoms with Crippen LogP contribution < -0.4 is 16.0 Å². The molecule has 0 unspecified atom stereocenters. The molecule has 3 atom stereocenters. The fourth-order valence-corrected chi connectivity index (χ4v) is 8.65. The van der Waals surface area contributed by atoms with Gasteiger partial charge in [0, 0.05) is 72.2 Å². The third kappa shape index (κ3) is 6.74. The second kappa shape index (κ2) is 13.4. The largest absolute Gasteiger partial charge is 0.433 e. The van der Waals surface area contributed by atoms with Crippen molar-refractivity contribution < 1.29 is 35.9 Å². The van der Waals surface area contributed by atoms with Gasteiger partial charge in [-0.1, -0.05) is 0 Å². The number of aryl methyl sites for hydroxylation is 1. The van der Waals surface area contributed by atoms with Gasteiger partial charge in [0.15, 0.2) is 0 Å². The zero-order valence-corrected chi connectivity index (χ0v) is 30.0. The number of aromatic nitrogens is 3. The molecule has 4 fully saturated rings. The van der Waals surface area contributed by atoms with E-state index in [1.165, 1.54) is 12.1 Å². The molecule has 16 heteroatoms. The summed E-state index contributed by atoms with van der Waals surface area (Å²) in [5.41, 5.74) is 7.69. The van der Waals surface area contributed by atoms with Crippen molar-refractivity contribution in [2.45, 2.75) is 108 Å². The van der Waals surface area contributed by atoms with E-state index < -0.39 is 41.5 Å². The summed E-state index contributed by atoms with van der Waals surface area (Å²) in [6.45, 7) is 4.56. The van der Waals surface area contributed by atoms with Crippen molar-refractivity contribution in [3.05, 3.63) is 64.0 Å². The lowest BCUT2D eigenvalue weighted by Crippen LogP contribution is -2.53. The van der Waals surface area contributed by atoms with Crippen molar-refractivity contribution in [1.82, 2.24) is 25.0 Å². The number of amides is 2. The molecule has 2 aliphatic carbocycles. The van der Waals surface area contributed by atoms with Crippen LogP contribution in [0.5, 0.6) is 0 Å². The molecule has 2 saturated heterocycles. The van der Waals surface area contributed by atoms with Crippen LogP contribution in [0.15, 0.2) is 29.3 Å². The smallest absolute Gasteiger partial charge is 0.368 e. The summed E-state index contributed by atoms with van der Waals surface area (Å²) in [7, 11) is 0. The second-order valence-corrected chi connectivity index (χ2v) is 15.7. The summed E-state index contributed by atoms with van der Waals surface area (Å²) < 4.78 is 86.1. The van der Waals surface area contributed by atoms with Crippen molar-refractivity contribution in [2.24, 2.45) is 16.6 Å². The summed E-state index contributed by atoms with van der Waals surface area (Å²) in [6.07, 6.45) is -3.10. The van der Waals surface area contributed by atoms with Crippen LogP contribution in [-0.4, -0.2) is 75.0 Å². The number of benzene rings is 1. The third-order valence-electron chi connectivity index (χ3n) is 11.6. The molecule has 1 aromatic carbocycles. The molecule has 5 heterocycles.